The Kier molecular flexibility index (Phi) is 5.75. The average molecular weight is 272 g/mol. The van der Waals surface area contributed by atoms with Crippen LogP contribution < -0.4 is 5.32 Å². The van der Waals surface area contributed by atoms with E-state index in [9.17, 15) is 9.59 Å². The number of hydrogen-bond donors (Lipinski definition) is 1. The number of carbonyl (C=O) groups is 2. The second-order valence-corrected chi connectivity index (χ2v) is 5.25. The number of esters is 1. The quantitative estimate of drug-likeness (QED) is 0.683. The van der Waals surface area contributed by atoms with Crippen molar-refractivity contribution in [3.63, 3.8) is 0 Å². The van der Waals surface area contributed by atoms with E-state index in [0.717, 1.165) is 13.0 Å². The summed E-state index contributed by atoms with van der Waals surface area (Å²) in [4.78, 5) is 25.6. The van der Waals surface area contributed by atoms with Crippen LogP contribution in [0.15, 0.2) is 0 Å². The van der Waals surface area contributed by atoms with Crippen LogP contribution in [0, 0.1) is 11.3 Å². The zero-order chi connectivity index (χ0) is 14.5. The van der Waals surface area contributed by atoms with Gasteiger partial charge in [0.15, 0.2) is 0 Å². The molecule has 1 rings (SSSR count). The highest BCUT2D eigenvalue weighted by molar-refractivity contribution is 5.84. The monoisotopic (exact) mass is 272 g/mol. The van der Waals surface area contributed by atoms with Gasteiger partial charge in [-0.3, -0.25) is 9.59 Å². The van der Waals surface area contributed by atoms with Gasteiger partial charge in [0.25, 0.3) is 0 Å². The summed E-state index contributed by atoms with van der Waals surface area (Å²) in [7, 11) is 4.68. The summed E-state index contributed by atoms with van der Waals surface area (Å²) in [6.45, 7) is 3.95. The van der Waals surface area contributed by atoms with Crippen molar-refractivity contribution in [3.05, 3.63) is 0 Å². The summed E-state index contributed by atoms with van der Waals surface area (Å²) in [5.41, 5.74) is -0.501. The Balaban J connectivity index is 2.66. The molecule has 0 aromatic rings. The minimum Gasteiger partial charge on any atom is -0.469 e. The molecule has 19 heavy (non-hydrogen) atoms. The highest BCUT2D eigenvalue weighted by atomic mass is 16.5. The maximum atomic E-state index is 12.6. The highest BCUT2D eigenvalue weighted by Gasteiger charge is 2.43. The molecule has 0 spiro atoms. The molecule has 1 fully saturated rings. The fourth-order valence-electron chi connectivity index (χ4n) is 2.56. The first kappa shape index (κ1) is 15.9. The van der Waals surface area contributed by atoms with Crippen molar-refractivity contribution < 1.29 is 19.1 Å². The van der Waals surface area contributed by atoms with E-state index in [2.05, 4.69) is 10.1 Å². The topological polar surface area (TPSA) is 67.9 Å². The summed E-state index contributed by atoms with van der Waals surface area (Å²) < 4.78 is 9.87. The van der Waals surface area contributed by atoms with Gasteiger partial charge in [-0.25, -0.2) is 0 Å². The Hall–Kier alpha value is -1.14. The first-order valence-corrected chi connectivity index (χ1v) is 6.50. The molecular weight excluding hydrogens is 248 g/mol. The third-order valence-electron chi connectivity index (χ3n) is 3.62. The lowest BCUT2D eigenvalue weighted by atomic mass is 9.86. The molecule has 0 bridgehead atoms. The third kappa shape index (κ3) is 3.67. The fourth-order valence-corrected chi connectivity index (χ4v) is 2.56. The summed E-state index contributed by atoms with van der Waals surface area (Å²) >= 11 is 0. The number of nitrogens with zero attached hydrogens (tertiary/aromatic N) is 1. The number of carbonyl (C=O) groups excluding carboxylic acids is 2. The standard InChI is InChI=1S/C13H24N2O4/c1-10(11(16)19-4)7-15(2)12(17)13(9-18-3)5-6-14-8-13/h10,14H,5-9H2,1-4H3. The lowest BCUT2D eigenvalue weighted by Crippen LogP contribution is -2.48. The Bertz CT molecular complexity index is 327. The van der Waals surface area contributed by atoms with Crippen molar-refractivity contribution in [2.24, 2.45) is 11.3 Å². The van der Waals surface area contributed by atoms with Crippen molar-refractivity contribution in [2.75, 3.05) is 47.5 Å². The first-order chi connectivity index (χ1) is 8.96. The molecule has 1 heterocycles. The largest absolute Gasteiger partial charge is 0.469 e. The molecule has 0 radical (unpaired) electrons. The van der Waals surface area contributed by atoms with E-state index in [-0.39, 0.29) is 17.8 Å². The van der Waals surface area contributed by atoms with E-state index >= 15 is 0 Å². The van der Waals surface area contributed by atoms with Gasteiger partial charge < -0.3 is 19.7 Å². The molecule has 2 atom stereocenters. The maximum absolute atomic E-state index is 12.6. The zero-order valence-corrected chi connectivity index (χ0v) is 12.2. The molecule has 6 heteroatoms. The van der Waals surface area contributed by atoms with Crippen molar-refractivity contribution in [1.82, 2.24) is 10.2 Å². The molecule has 0 saturated carbocycles. The van der Waals surface area contributed by atoms with Crippen LogP contribution in [-0.4, -0.2) is 64.3 Å². The highest BCUT2D eigenvalue weighted by Crippen LogP contribution is 2.28. The van der Waals surface area contributed by atoms with Crippen molar-refractivity contribution >= 4 is 11.9 Å². The zero-order valence-electron chi connectivity index (χ0n) is 12.2. The van der Waals surface area contributed by atoms with Gasteiger partial charge in [0.05, 0.1) is 25.0 Å². The van der Waals surface area contributed by atoms with Crippen molar-refractivity contribution in [1.29, 1.82) is 0 Å². The summed E-state index contributed by atoms with van der Waals surface area (Å²) in [6, 6.07) is 0. The van der Waals surface area contributed by atoms with Crippen molar-refractivity contribution in [3.8, 4) is 0 Å². The molecule has 1 aliphatic heterocycles. The van der Waals surface area contributed by atoms with Gasteiger partial charge in [0.2, 0.25) is 5.91 Å². The first-order valence-electron chi connectivity index (χ1n) is 6.50. The number of amides is 1. The molecule has 110 valence electrons. The van der Waals surface area contributed by atoms with Crippen LogP contribution in [0.25, 0.3) is 0 Å². The number of nitrogens with one attached hydrogen (secondary N) is 1. The third-order valence-corrected chi connectivity index (χ3v) is 3.62. The predicted molar refractivity (Wildman–Crippen MR) is 70.6 cm³/mol. The lowest BCUT2D eigenvalue weighted by Gasteiger charge is -2.32. The Morgan fingerprint density at radius 1 is 1.42 bits per heavy atom. The normalized spacial score (nSPS) is 24.0. The van der Waals surface area contributed by atoms with Gasteiger partial charge in [0.1, 0.15) is 0 Å². The molecule has 0 aromatic heterocycles. The molecule has 2 unspecified atom stereocenters. The predicted octanol–water partition coefficient (Wildman–Crippen LogP) is -0.120. The summed E-state index contributed by atoms with van der Waals surface area (Å²) in [6.07, 6.45) is 0.761. The molecule has 6 nitrogen and oxygen atoms in total. The van der Waals surface area contributed by atoms with Crippen LogP contribution in [0.4, 0.5) is 0 Å². The molecule has 0 aromatic carbocycles. The number of methoxy groups -OCH3 is 2. The Labute approximate surface area is 114 Å². The fraction of sp³-hybridized carbons (Fsp3) is 0.846. The van der Waals surface area contributed by atoms with Crippen LogP contribution in [-0.2, 0) is 19.1 Å². The van der Waals surface area contributed by atoms with Crippen molar-refractivity contribution in [2.45, 2.75) is 13.3 Å². The average Bonchev–Trinajstić information content (AvgIpc) is 2.86. The van der Waals surface area contributed by atoms with E-state index in [1.165, 1.54) is 7.11 Å². The Morgan fingerprint density at radius 2 is 2.11 bits per heavy atom. The van der Waals surface area contributed by atoms with Gasteiger partial charge in [0, 0.05) is 27.2 Å². The maximum Gasteiger partial charge on any atom is 0.310 e. The molecule has 1 aliphatic rings. The van der Waals surface area contributed by atoms with Gasteiger partial charge in [-0.05, 0) is 13.0 Å². The number of ether oxygens (including phenoxy) is 2. The van der Waals surface area contributed by atoms with Gasteiger partial charge in [-0.2, -0.15) is 0 Å². The van der Waals surface area contributed by atoms with Crippen LogP contribution in [0.3, 0.4) is 0 Å². The smallest absolute Gasteiger partial charge is 0.310 e. The van der Waals surface area contributed by atoms with E-state index in [4.69, 9.17) is 4.74 Å². The minimum absolute atomic E-state index is 0.0232. The second kappa shape index (κ2) is 6.86. The SMILES string of the molecule is COCC1(C(=O)N(C)CC(C)C(=O)OC)CCNC1. The van der Waals surface area contributed by atoms with Crippen LogP contribution >= 0.6 is 0 Å². The molecule has 1 amide bonds. The molecule has 1 saturated heterocycles. The van der Waals surface area contributed by atoms with Gasteiger partial charge >= 0.3 is 5.97 Å². The van der Waals surface area contributed by atoms with Gasteiger partial charge in [-0.15, -0.1) is 0 Å². The summed E-state index contributed by atoms with van der Waals surface area (Å²) in [5, 5.41) is 3.20. The van der Waals surface area contributed by atoms with E-state index < -0.39 is 5.41 Å². The van der Waals surface area contributed by atoms with E-state index in [1.807, 2.05) is 0 Å². The number of hydrogen-bond acceptors (Lipinski definition) is 5. The summed E-state index contributed by atoms with van der Waals surface area (Å²) in [5.74, 6) is -0.604. The number of rotatable bonds is 6. The minimum atomic E-state index is -0.501. The molecular formula is C13H24N2O4. The molecule has 1 N–H and O–H groups in total. The van der Waals surface area contributed by atoms with E-state index in [1.54, 1.807) is 26.0 Å². The van der Waals surface area contributed by atoms with Crippen LogP contribution in [0.5, 0.6) is 0 Å². The molecule has 0 aliphatic carbocycles. The Morgan fingerprint density at radius 3 is 2.58 bits per heavy atom. The van der Waals surface area contributed by atoms with Crippen LogP contribution in [0.2, 0.25) is 0 Å². The van der Waals surface area contributed by atoms with Gasteiger partial charge in [-0.1, -0.05) is 6.92 Å². The lowest BCUT2D eigenvalue weighted by molar-refractivity contribution is -0.148. The van der Waals surface area contributed by atoms with E-state index in [0.29, 0.717) is 19.7 Å². The second-order valence-electron chi connectivity index (χ2n) is 5.25. The van der Waals surface area contributed by atoms with Crippen LogP contribution in [0.1, 0.15) is 13.3 Å².